The van der Waals surface area contributed by atoms with E-state index in [9.17, 15) is 0 Å². The Bertz CT molecular complexity index is 403. The minimum absolute atomic E-state index is 0. The summed E-state index contributed by atoms with van der Waals surface area (Å²) >= 11 is 1.53. The van der Waals surface area contributed by atoms with Gasteiger partial charge in [-0.3, -0.25) is 0 Å². The van der Waals surface area contributed by atoms with E-state index >= 15 is 0 Å². The van der Waals surface area contributed by atoms with Crippen molar-refractivity contribution in [2.75, 3.05) is 19.9 Å². The molecule has 4 nitrogen and oxygen atoms in total. The summed E-state index contributed by atoms with van der Waals surface area (Å²) in [6, 6.07) is 5.84. The summed E-state index contributed by atoms with van der Waals surface area (Å²) in [6.45, 7) is 2.82. The molecule has 0 aliphatic heterocycles. The molecule has 110 valence electrons. The molecule has 0 atom stereocenters. The maximum absolute atomic E-state index is 5.76. The topological polar surface area (TPSA) is 59.6 Å². The maximum atomic E-state index is 5.76. The molecule has 0 unspecified atom stereocenters. The van der Waals surface area contributed by atoms with Gasteiger partial charge in [-0.1, -0.05) is 24.8 Å². The Morgan fingerprint density at radius 1 is 1.42 bits per heavy atom. The van der Waals surface area contributed by atoms with Crippen molar-refractivity contribution in [1.29, 1.82) is 0 Å². The van der Waals surface area contributed by atoms with E-state index in [0.717, 1.165) is 29.3 Å². The zero-order chi connectivity index (χ0) is 12.7. The number of ether oxygens (including phenoxy) is 1. The van der Waals surface area contributed by atoms with Gasteiger partial charge in [0.25, 0.3) is 0 Å². The number of halogens is 2. The van der Waals surface area contributed by atoms with Crippen LogP contribution in [0.15, 0.2) is 23.2 Å². The second kappa shape index (κ2) is 11.2. The van der Waals surface area contributed by atoms with Crippen LogP contribution in [-0.2, 0) is 6.54 Å². The number of rotatable bonds is 5. The highest BCUT2D eigenvalue weighted by Gasteiger charge is 2.03. The standard InChI is InChI=1S/C12H19N3OS.2ClH/c1-4-17-12(13)15-10-6-5-9(8-14-2)11(7-10)16-3;;/h5-7,14H,4,8H2,1-3H3,(H2,13,15);2*1H. The lowest BCUT2D eigenvalue weighted by molar-refractivity contribution is 0.408. The SMILES string of the molecule is CCSC(N)=Nc1ccc(CNC)c(OC)c1.Cl.Cl. The van der Waals surface area contributed by atoms with Crippen molar-refractivity contribution in [1.82, 2.24) is 5.32 Å². The van der Waals surface area contributed by atoms with E-state index in [0.29, 0.717) is 5.17 Å². The highest BCUT2D eigenvalue weighted by molar-refractivity contribution is 8.13. The number of aliphatic imine (C=N–C) groups is 1. The van der Waals surface area contributed by atoms with E-state index in [1.54, 1.807) is 7.11 Å². The molecule has 0 aliphatic rings. The van der Waals surface area contributed by atoms with Gasteiger partial charge in [-0.15, -0.1) is 24.8 Å². The molecule has 0 aromatic heterocycles. The molecule has 0 bridgehead atoms. The molecule has 0 saturated heterocycles. The Balaban J connectivity index is 0. The Morgan fingerprint density at radius 2 is 2.11 bits per heavy atom. The second-order valence-corrected chi connectivity index (χ2v) is 4.69. The van der Waals surface area contributed by atoms with Gasteiger partial charge in [0.2, 0.25) is 0 Å². The van der Waals surface area contributed by atoms with Crippen molar-refractivity contribution < 1.29 is 4.74 Å². The van der Waals surface area contributed by atoms with E-state index in [1.165, 1.54) is 11.8 Å². The van der Waals surface area contributed by atoms with Gasteiger partial charge in [0.05, 0.1) is 12.8 Å². The Hall–Kier alpha value is -0.620. The van der Waals surface area contributed by atoms with Crippen LogP contribution in [0.2, 0.25) is 0 Å². The quantitative estimate of drug-likeness (QED) is 0.645. The zero-order valence-electron chi connectivity index (χ0n) is 11.3. The van der Waals surface area contributed by atoms with Crippen molar-refractivity contribution in [3.63, 3.8) is 0 Å². The molecule has 0 amide bonds. The summed E-state index contributed by atoms with van der Waals surface area (Å²) in [6.07, 6.45) is 0. The molecular weight excluding hydrogens is 305 g/mol. The fourth-order valence-corrected chi connectivity index (χ4v) is 1.91. The molecule has 0 heterocycles. The van der Waals surface area contributed by atoms with Crippen LogP contribution in [0.4, 0.5) is 5.69 Å². The number of benzene rings is 1. The predicted molar refractivity (Wildman–Crippen MR) is 89.7 cm³/mol. The summed E-state index contributed by atoms with van der Waals surface area (Å²) in [5.41, 5.74) is 7.69. The smallest absolute Gasteiger partial charge is 0.159 e. The number of thioether (sulfide) groups is 1. The molecule has 7 heteroatoms. The van der Waals surface area contributed by atoms with Crippen molar-refractivity contribution in [3.05, 3.63) is 23.8 Å². The first kappa shape index (κ1) is 20.7. The third kappa shape index (κ3) is 6.92. The highest BCUT2D eigenvalue weighted by atomic mass is 35.5. The van der Waals surface area contributed by atoms with Crippen LogP contribution in [0.5, 0.6) is 5.75 Å². The average molecular weight is 326 g/mol. The first-order valence-electron chi connectivity index (χ1n) is 5.49. The van der Waals surface area contributed by atoms with Crippen molar-refractivity contribution >= 4 is 47.4 Å². The maximum Gasteiger partial charge on any atom is 0.159 e. The fraction of sp³-hybridized carbons (Fsp3) is 0.417. The van der Waals surface area contributed by atoms with E-state index in [-0.39, 0.29) is 24.8 Å². The first-order chi connectivity index (χ1) is 8.21. The summed E-state index contributed by atoms with van der Waals surface area (Å²) in [5.74, 6) is 1.75. The number of nitrogens with one attached hydrogen (secondary N) is 1. The number of amidine groups is 1. The fourth-order valence-electron chi connectivity index (χ4n) is 1.45. The zero-order valence-corrected chi connectivity index (χ0v) is 13.8. The number of hydrogen-bond acceptors (Lipinski definition) is 4. The van der Waals surface area contributed by atoms with Gasteiger partial charge in [0, 0.05) is 18.2 Å². The van der Waals surface area contributed by atoms with E-state index in [2.05, 4.69) is 10.3 Å². The molecule has 0 fully saturated rings. The van der Waals surface area contributed by atoms with Gasteiger partial charge in [0.15, 0.2) is 5.17 Å². The normalized spacial score (nSPS) is 10.4. The summed E-state index contributed by atoms with van der Waals surface area (Å²) in [4.78, 5) is 4.32. The first-order valence-corrected chi connectivity index (χ1v) is 6.48. The molecule has 0 saturated carbocycles. The number of methoxy groups -OCH3 is 1. The van der Waals surface area contributed by atoms with Crippen LogP contribution in [-0.4, -0.2) is 25.1 Å². The van der Waals surface area contributed by atoms with Crippen LogP contribution in [0, 0.1) is 0 Å². The van der Waals surface area contributed by atoms with Gasteiger partial charge in [0.1, 0.15) is 5.75 Å². The molecular formula is C12H21Cl2N3OS. The lowest BCUT2D eigenvalue weighted by Crippen LogP contribution is -2.07. The Kier molecular flexibility index (Phi) is 12.2. The van der Waals surface area contributed by atoms with E-state index < -0.39 is 0 Å². The molecule has 0 spiro atoms. The lowest BCUT2D eigenvalue weighted by Gasteiger charge is -2.08. The number of hydrogen-bond donors (Lipinski definition) is 2. The second-order valence-electron chi connectivity index (χ2n) is 3.41. The monoisotopic (exact) mass is 325 g/mol. The summed E-state index contributed by atoms with van der Waals surface area (Å²) in [5, 5.41) is 3.67. The average Bonchev–Trinajstić information content (AvgIpc) is 2.31. The van der Waals surface area contributed by atoms with Crippen molar-refractivity contribution in [3.8, 4) is 5.75 Å². The molecule has 19 heavy (non-hydrogen) atoms. The van der Waals surface area contributed by atoms with Crippen LogP contribution in [0.25, 0.3) is 0 Å². The van der Waals surface area contributed by atoms with Gasteiger partial charge >= 0.3 is 0 Å². The highest BCUT2D eigenvalue weighted by Crippen LogP contribution is 2.25. The molecule has 1 rings (SSSR count). The van der Waals surface area contributed by atoms with Crippen LogP contribution in [0.3, 0.4) is 0 Å². The Morgan fingerprint density at radius 3 is 2.63 bits per heavy atom. The van der Waals surface area contributed by atoms with Gasteiger partial charge in [-0.2, -0.15) is 0 Å². The van der Waals surface area contributed by atoms with E-state index in [4.69, 9.17) is 10.5 Å². The van der Waals surface area contributed by atoms with Gasteiger partial charge in [-0.25, -0.2) is 4.99 Å². The van der Waals surface area contributed by atoms with Crippen molar-refractivity contribution in [2.24, 2.45) is 10.7 Å². The minimum Gasteiger partial charge on any atom is -0.496 e. The molecule has 1 aromatic carbocycles. The van der Waals surface area contributed by atoms with Crippen LogP contribution in [0.1, 0.15) is 12.5 Å². The van der Waals surface area contributed by atoms with Crippen LogP contribution >= 0.6 is 36.6 Å². The third-order valence-electron chi connectivity index (χ3n) is 2.17. The molecule has 1 aromatic rings. The summed E-state index contributed by atoms with van der Waals surface area (Å²) < 4.78 is 5.32. The third-order valence-corrected chi connectivity index (χ3v) is 2.85. The molecule has 3 N–H and O–H groups in total. The largest absolute Gasteiger partial charge is 0.496 e. The van der Waals surface area contributed by atoms with Crippen LogP contribution < -0.4 is 15.8 Å². The predicted octanol–water partition coefficient (Wildman–Crippen LogP) is 2.96. The molecule has 0 aliphatic carbocycles. The minimum atomic E-state index is 0. The summed E-state index contributed by atoms with van der Waals surface area (Å²) in [7, 11) is 3.56. The Labute approximate surface area is 131 Å². The number of nitrogens with zero attached hydrogens (tertiary/aromatic N) is 1. The van der Waals surface area contributed by atoms with E-state index in [1.807, 2.05) is 32.2 Å². The number of nitrogens with two attached hydrogens (primary N) is 1. The van der Waals surface area contributed by atoms with Gasteiger partial charge in [-0.05, 0) is 18.9 Å². The van der Waals surface area contributed by atoms with Crippen molar-refractivity contribution in [2.45, 2.75) is 13.5 Å². The lowest BCUT2D eigenvalue weighted by atomic mass is 10.2. The van der Waals surface area contributed by atoms with Gasteiger partial charge < -0.3 is 15.8 Å². The molecule has 0 radical (unpaired) electrons.